The van der Waals surface area contributed by atoms with Crippen molar-refractivity contribution < 1.29 is 23.9 Å². The van der Waals surface area contributed by atoms with Crippen LogP contribution in [0.25, 0.3) is 0 Å². The molecular weight excluding hydrogens is 532 g/mol. The van der Waals surface area contributed by atoms with E-state index in [0.717, 1.165) is 24.1 Å². The minimum atomic E-state index is -0.755. The van der Waals surface area contributed by atoms with Crippen LogP contribution in [0.1, 0.15) is 76.7 Å². The number of rotatable bonds is 13. The molecule has 0 aliphatic carbocycles. The zero-order chi connectivity index (χ0) is 29.4. The lowest BCUT2D eigenvalue weighted by molar-refractivity contribution is -0.140. The van der Waals surface area contributed by atoms with Crippen LogP contribution in [0, 0.1) is 0 Å². The zero-order valence-electron chi connectivity index (χ0n) is 24.8. The van der Waals surface area contributed by atoms with Crippen LogP contribution in [0.3, 0.4) is 0 Å². The van der Waals surface area contributed by atoms with Gasteiger partial charge < -0.3 is 29.5 Å². The second kappa shape index (κ2) is 13.9. The fraction of sp³-hybridized carbons (Fsp3) is 0.545. The van der Waals surface area contributed by atoms with Gasteiger partial charge in [-0.2, -0.15) is 0 Å². The van der Waals surface area contributed by atoms with Gasteiger partial charge in [-0.15, -0.1) is 0 Å². The molecule has 5 rings (SSSR count). The summed E-state index contributed by atoms with van der Waals surface area (Å²) >= 11 is 0. The minimum absolute atomic E-state index is 0.0185. The van der Waals surface area contributed by atoms with Gasteiger partial charge in [0.2, 0.25) is 18.6 Å². The third-order valence-electron chi connectivity index (χ3n) is 8.78. The van der Waals surface area contributed by atoms with E-state index in [1.807, 2.05) is 53.4 Å². The monoisotopic (exact) mass is 576 g/mol. The number of fused-ring (bicyclic) bond motifs is 1. The van der Waals surface area contributed by atoms with Gasteiger partial charge in [-0.3, -0.25) is 14.4 Å². The van der Waals surface area contributed by atoms with E-state index in [1.54, 1.807) is 4.90 Å². The summed E-state index contributed by atoms with van der Waals surface area (Å²) in [5, 5.41) is 2.94. The number of likely N-dealkylation sites (tertiary alicyclic amines) is 1. The number of amides is 3. The molecule has 0 atom stereocenters. The smallest absolute Gasteiger partial charge is 0.250 e. The fourth-order valence-electron chi connectivity index (χ4n) is 6.32. The lowest BCUT2D eigenvalue weighted by Crippen LogP contribution is -2.57. The number of carbonyl (C=O) groups is 3. The third kappa shape index (κ3) is 6.82. The predicted molar refractivity (Wildman–Crippen MR) is 161 cm³/mol. The number of carbonyl (C=O) groups excluding carboxylic acids is 3. The summed E-state index contributed by atoms with van der Waals surface area (Å²) in [4.78, 5) is 45.6. The van der Waals surface area contributed by atoms with Gasteiger partial charge in [0.05, 0.1) is 6.67 Å². The first-order valence-corrected chi connectivity index (χ1v) is 15.6. The Morgan fingerprint density at radius 1 is 0.905 bits per heavy atom. The first-order valence-electron chi connectivity index (χ1n) is 15.6. The van der Waals surface area contributed by atoms with Crippen molar-refractivity contribution in [2.75, 3.05) is 38.0 Å². The minimum Gasteiger partial charge on any atom is -0.454 e. The first-order chi connectivity index (χ1) is 20.5. The van der Waals surface area contributed by atoms with Crippen LogP contribution in [-0.4, -0.2) is 66.2 Å². The normalized spacial score (nSPS) is 17.3. The molecule has 3 amide bonds. The van der Waals surface area contributed by atoms with E-state index in [1.165, 1.54) is 32.1 Å². The summed E-state index contributed by atoms with van der Waals surface area (Å²) in [6, 6.07) is 15.5. The number of unbranched alkanes of at least 4 members (excludes halogenated alkanes) is 6. The number of nitrogens with zero attached hydrogens (tertiary/aromatic N) is 3. The van der Waals surface area contributed by atoms with Crippen LogP contribution >= 0.6 is 0 Å². The lowest BCUT2D eigenvalue weighted by Gasteiger charge is -2.43. The van der Waals surface area contributed by atoms with Crippen molar-refractivity contribution in [2.24, 2.45) is 0 Å². The van der Waals surface area contributed by atoms with Gasteiger partial charge >= 0.3 is 0 Å². The number of hydrogen-bond donors (Lipinski definition) is 1. The van der Waals surface area contributed by atoms with Crippen LogP contribution in [0.2, 0.25) is 0 Å². The van der Waals surface area contributed by atoms with Gasteiger partial charge in [0, 0.05) is 31.7 Å². The van der Waals surface area contributed by atoms with E-state index < -0.39 is 5.54 Å². The Hall–Kier alpha value is -3.75. The van der Waals surface area contributed by atoms with E-state index in [-0.39, 0.29) is 31.1 Å². The van der Waals surface area contributed by atoms with Crippen molar-refractivity contribution in [3.8, 4) is 11.5 Å². The quantitative estimate of drug-likeness (QED) is 0.343. The van der Waals surface area contributed by atoms with Gasteiger partial charge in [0.15, 0.2) is 11.5 Å². The number of hydrogen-bond acceptors (Lipinski definition) is 6. The highest BCUT2D eigenvalue weighted by Crippen LogP contribution is 2.39. The number of nitrogens with one attached hydrogen (secondary N) is 1. The summed E-state index contributed by atoms with van der Waals surface area (Å²) < 4.78 is 10.8. The Morgan fingerprint density at radius 3 is 2.38 bits per heavy atom. The molecule has 1 N–H and O–H groups in total. The Bertz CT molecular complexity index is 1230. The Kier molecular flexibility index (Phi) is 9.87. The average molecular weight is 577 g/mol. The van der Waals surface area contributed by atoms with Crippen LogP contribution in [0.4, 0.5) is 5.69 Å². The van der Waals surface area contributed by atoms with Crippen LogP contribution in [0.5, 0.6) is 11.5 Å². The molecular formula is C33H44N4O5. The summed E-state index contributed by atoms with van der Waals surface area (Å²) in [5.41, 5.74) is 1.10. The molecule has 0 radical (unpaired) electrons. The Morgan fingerprint density at radius 2 is 1.62 bits per heavy atom. The molecule has 2 saturated heterocycles. The molecule has 0 bridgehead atoms. The average Bonchev–Trinajstić information content (AvgIpc) is 3.59. The van der Waals surface area contributed by atoms with Crippen LogP contribution in [0.15, 0.2) is 48.5 Å². The standard InChI is InChI=1S/C33H44N4O5/c1-2-3-4-5-6-7-11-14-31(39)35-19-17-33(18-20-35)32(40)36(24-37(33)27-12-9-8-10-13-27)23-30(38)34-22-26-15-16-28-29(21-26)42-25-41-28/h8-10,12-13,15-16,21H,2-7,11,14,17-20,22-25H2,1H3,(H,34,38). The summed E-state index contributed by atoms with van der Waals surface area (Å²) in [7, 11) is 0. The van der Waals surface area contributed by atoms with Crippen molar-refractivity contribution >= 4 is 23.4 Å². The fourth-order valence-corrected chi connectivity index (χ4v) is 6.32. The number of anilines is 1. The summed E-state index contributed by atoms with van der Waals surface area (Å²) in [6.45, 7) is 4.18. The number of ether oxygens (including phenoxy) is 2. The van der Waals surface area contributed by atoms with Gasteiger partial charge in [0.25, 0.3) is 5.91 Å². The molecule has 2 aromatic rings. The maximum absolute atomic E-state index is 14.0. The lowest BCUT2D eigenvalue weighted by atomic mass is 9.85. The largest absolute Gasteiger partial charge is 0.454 e. The third-order valence-corrected chi connectivity index (χ3v) is 8.78. The number of para-hydroxylation sites is 1. The van der Waals surface area contributed by atoms with Crippen molar-refractivity contribution in [2.45, 2.75) is 83.2 Å². The molecule has 3 heterocycles. The van der Waals surface area contributed by atoms with Gasteiger partial charge in [0.1, 0.15) is 12.1 Å². The second-order valence-corrected chi connectivity index (χ2v) is 11.7. The predicted octanol–water partition coefficient (Wildman–Crippen LogP) is 4.84. The van der Waals surface area contributed by atoms with E-state index in [4.69, 9.17) is 9.47 Å². The Labute approximate surface area is 249 Å². The summed E-state index contributed by atoms with van der Waals surface area (Å²) in [5.74, 6) is 1.31. The molecule has 2 fully saturated rings. The van der Waals surface area contributed by atoms with Gasteiger partial charge in [-0.25, -0.2) is 0 Å². The highest BCUT2D eigenvalue weighted by molar-refractivity contribution is 5.96. The maximum atomic E-state index is 14.0. The van der Waals surface area contributed by atoms with Crippen molar-refractivity contribution in [1.29, 1.82) is 0 Å². The molecule has 0 unspecified atom stereocenters. The van der Waals surface area contributed by atoms with Crippen molar-refractivity contribution in [3.05, 3.63) is 54.1 Å². The van der Waals surface area contributed by atoms with E-state index in [0.29, 0.717) is 57.1 Å². The molecule has 1 spiro atoms. The second-order valence-electron chi connectivity index (χ2n) is 11.7. The van der Waals surface area contributed by atoms with E-state index in [9.17, 15) is 14.4 Å². The van der Waals surface area contributed by atoms with Crippen molar-refractivity contribution in [3.63, 3.8) is 0 Å². The molecule has 9 heteroatoms. The zero-order valence-corrected chi connectivity index (χ0v) is 24.8. The Balaban J connectivity index is 1.16. The van der Waals surface area contributed by atoms with Crippen LogP contribution in [-0.2, 0) is 20.9 Å². The highest BCUT2D eigenvalue weighted by Gasteiger charge is 2.54. The molecule has 2 aromatic carbocycles. The number of piperidine rings is 1. The number of benzene rings is 2. The topological polar surface area (TPSA) is 91.4 Å². The van der Waals surface area contributed by atoms with E-state index in [2.05, 4.69) is 17.1 Å². The molecule has 3 aliphatic rings. The molecule has 3 aliphatic heterocycles. The molecule has 0 saturated carbocycles. The van der Waals surface area contributed by atoms with Gasteiger partial charge in [-0.1, -0.05) is 69.7 Å². The molecule has 226 valence electrons. The molecule has 9 nitrogen and oxygen atoms in total. The van der Waals surface area contributed by atoms with Crippen molar-refractivity contribution in [1.82, 2.24) is 15.1 Å². The molecule has 0 aromatic heterocycles. The molecule has 42 heavy (non-hydrogen) atoms. The highest BCUT2D eigenvalue weighted by atomic mass is 16.7. The van der Waals surface area contributed by atoms with E-state index >= 15 is 0 Å². The SMILES string of the molecule is CCCCCCCCCC(=O)N1CCC2(CC1)C(=O)N(CC(=O)NCc1ccc3c(c1)OCO3)CN2c1ccccc1. The van der Waals surface area contributed by atoms with Crippen LogP contribution < -0.4 is 19.7 Å². The summed E-state index contributed by atoms with van der Waals surface area (Å²) in [6.07, 6.45) is 9.96. The van der Waals surface area contributed by atoms with Gasteiger partial charge in [-0.05, 0) is 49.1 Å². The first kappa shape index (κ1) is 29.7. The maximum Gasteiger partial charge on any atom is 0.250 e.